The first kappa shape index (κ1) is 14.5. The molecular weight excluding hydrogens is 273 g/mol. The average molecular weight is 285 g/mol. The van der Waals surface area contributed by atoms with Crippen LogP contribution >= 0.6 is 0 Å². The Labute approximate surface area is 121 Å². The fourth-order valence-electron chi connectivity index (χ4n) is 1.61. The molecule has 1 heterocycles. The monoisotopic (exact) mass is 285 g/mol. The lowest BCUT2D eigenvalue weighted by Crippen LogP contribution is -2.13. The summed E-state index contributed by atoms with van der Waals surface area (Å²) in [5.74, 6) is 0.0698. The number of halogens is 1. The van der Waals surface area contributed by atoms with Crippen molar-refractivity contribution in [3.8, 4) is 11.8 Å². The number of carbonyl (C=O) groups excluding carboxylic acids is 1. The second kappa shape index (κ2) is 7.01. The zero-order valence-corrected chi connectivity index (χ0v) is 11.0. The molecule has 1 aromatic heterocycles. The van der Waals surface area contributed by atoms with Gasteiger partial charge < -0.3 is 10.1 Å². The normalized spacial score (nSPS) is 9.71. The van der Waals surface area contributed by atoms with Gasteiger partial charge in [-0.2, -0.15) is 5.26 Å². The highest BCUT2D eigenvalue weighted by molar-refractivity contribution is 6.02. The fourth-order valence-corrected chi connectivity index (χ4v) is 1.61. The molecule has 0 radical (unpaired) electrons. The molecule has 106 valence electrons. The fraction of sp³-hybridized carbons (Fsp3) is 0.133. The summed E-state index contributed by atoms with van der Waals surface area (Å²) in [4.78, 5) is 15.9. The molecule has 0 fully saturated rings. The van der Waals surface area contributed by atoms with Crippen LogP contribution in [0.3, 0.4) is 0 Å². The van der Waals surface area contributed by atoms with Crippen molar-refractivity contribution in [1.29, 1.82) is 5.26 Å². The standard InChI is InChI=1S/C15H12FN3O2/c16-6-7-21-13-3-1-2-12(8-13)19-15(20)14-5-4-11(9-17)10-18-14/h1-5,8,10H,6-7H2,(H,19,20). The Bertz CT molecular complexity index is 665. The number of hydrogen-bond donors (Lipinski definition) is 1. The maximum Gasteiger partial charge on any atom is 0.274 e. The molecule has 0 spiro atoms. The van der Waals surface area contributed by atoms with Gasteiger partial charge in [-0.05, 0) is 24.3 Å². The number of aromatic nitrogens is 1. The lowest BCUT2D eigenvalue weighted by atomic mass is 10.2. The zero-order chi connectivity index (χ0) is 15.1. The lowest BCUT2D eigenvalue weighted by Gasteiger charge is -2.08. The van der Waals surface area contributed by atoms with Crippen LogP contribution in [-0.2, 0) is 0 Å². The molecule has 6 heteroatoms. The van der Waals surface area contributed by atoms with E-state index in [-0.39, 0.29) is 12.3 Å². The molecule has 0 saturated carbocycles. The van der Waals surface area contributed by atoms with Gasteiger partial charge in [0.05, 0.1) is 5.56 Å². The van der Waals surface area contributed by atoms with Crippen molar-refractivity contribution in [1.82, 2.24) is 4.98 Å². The van der Waals surface area contributed by atoms with E-state index in [0.717, 1.165) is 0 Å². The Kier molecular flexibility index (Phi) is 4.83. The molecular formula is C15H12FN3O2. The van der Waals surface area contributed by atoms with Gasteiger partial charge in [0.2, 0.25) is 0 Å². The number of hydrogen-bond acceptors (Lipinski definition) is 4. The zero-order valence-electron chi connectivity index (χ0n) is 11.0. The first-order valence-corrected chi connectivity index (χ1v) is 6.19. The van der Waals surface area contributed by atoms with Gasteiger partial charge in [0.15, 0.2) is 0 Å². The molecule has 5 nitrogen and oxygen atoms in total. The van der Waals surface area contributed by atoms with Gasteiger partial charge in [-0.3, -0.25) is 4.79 Å². The van der Waals surface area contributed by atoms with E-state index in [1.54, 1.807) is 24.3 Å². The number of benzene rings is 1. The van der Waals surface area contributed by atoms with Crippen LogP contribution in [-0.4, -0.2) is 24.2 Å². The molecule has 1 aromatic carbocycles. The van der Waals surface area contributed by atoms with Crippen LogP contribution in [0.5, 0.6) is 5.75 Å². The number of rotatable bonds is 5. The minimum absolute atomic E-state index is 0.0332. The number of nitrogens with one attached hydrogen (secondary N) is 1. The van der Waals surface area contributed by atoms with Crippen molar-refractivity contribution >= 4 is 11.6 Å². The predicted octanol–water partition coefficient (Wildman–Crippen LogP) is 2.55. The number of pyridine rings is 1. The minimum atomic E-state index is -0.578. The summed E-state index contributed by atoms with van der Waals surface area (Å²) in [5.41, 5.74) is 1.10. The lowest BCUT2D eigenvalue weighted by molar-refractivity contribution is 0.102. The summed E-state index contributed by atoms with van der Waals surface area (Å²) < 4.78 is 17.2. The van der Waals surface area contributed by atoms with Crippen LogP contribution in [0.1, 0.15) is 16.1 Å². The number of amides is 1. The molecule has 21 heavy (non-hydrogen) atoms. The SMILES string of the molecule is N#Cc1ccc(C(=O)Nc2cccc(OCCF)c2)nc1. The third-order valence-electron chi connectivity index (χ3n) is 2.56. The molecule has 2 rings (SSSR count). The van der Waals surface area contributed by atoms with Crippen LogP contribution in [0.2, 0.25) is 0 Å². The number of carbonyl (C=O) groups is 1. The van der Waals surface area contributed by atoms with Crippen LogP contribution in [0.15, 0.2) is 42.6 Å². The maximum atomic E-state index is 12.0. The average Bonchev–Trinajstić information content (AvgIpc) is 2.53. The Morgan fingerprint density at radius 3 is 2.90 bits per heavy atom. The Morgan fingerprint density at radius 2 is 2.24 bits per heavy atom. The smallest absolute Gasteiger partial charge is 0.274 e. The molecule has 0 aliphatic carbocycles. The largest absolute Gasteiger partial charge is 0.491 e. The van der Waals surface area contributed by atoms with Crippen molar-refractivity contribution < 1.29 is 13.9 Å². The summed E-state index contributed by atoms with van der Waals surface area (Å²) in [7, 11) is 0. The number of alkyl halides is 1. The first-order valence-electron chi connectivity index (χ1n) is 6.19. The number of anilines is 1. The van der Waals surface area contributed by atoms with Gasteiger partial charge in [0, 0.05) is 18.0 Å². The Morgan fingerprint density at radius 1 is 1.38 bits per heavy atom. The summed E-state index contributed by atoms with van der Waals surface area (Å²) in [5, 5.41) is 11.3. The van der Waals surface area contributed by atoms with Crippen LogP contribution < -0.4 is 10.1 Å². The van der Waals surface area contributed by atoms with Gasteiger partial charge in [0.25, 0.3) is 5.91 Å². The van der Waals surface area contributed by atoms with E-state index in [1.165, 1.54) is 18.3 Å². The van der Waals surface area contributed by atoms with E-state index in [2.05, 4.69) is 10.3 Å². The molecule has 1 amide bonds. The Hall–Kier alpha value is -2.94. The van der Waals surface area contributed by atoms with Crippen molar-refractivity contribution in [3.63, 3.8) is 0 Å². The van der Waals surface area contributed by atoms with Crippen LogP contribution in [0.25, 0.3) is 0 Å². The van der Waals surface area contributed by atoms with E-state index in [1.807, 2.05) is 6.07 Å². The quantitative estimate of drug-likeness (QED) is 0.916. The van der Waals surface area contributed by atoms with Crippen molar-refractivity contribution in [3.05, 3.63) is 53.9 Å². The van der Waals surface area contributed by atoms with Crippen molar-refractivity contribution in [2.24, 2.45) is 0 Å². The highest BCUT2D eigenvalue weighted by Crippen LogP contribution is 2.18. The third-order valence-corrected chi connectivity index (χ3v) is 2.56. The molecule has 2 aromatic rings. The van der Waals surface area contributed by atoms with E-state index >= 15 is 0 Å². The summed E-state index contributed by atoms with van der Waals surface area (Å²) in [6, 6.07) is 11.6. The summed E-state index contributed by atoms with van der Waals surface area (Å²) >= 11 is 0. The van der Waals surface area contributed by atoms with Gasteiger partial charge in [-0.25, -0.2) is 9.37 Å². The molecule has 0 unspecified atom stereocenters. The van der Waals surface area contributed by atoms with Crippen molar-refractivity contribution in [2.45, 2.75) is 0 Å². The van der Waals surface area contributed by atoms with E-state index < -0.39 is 12.6 Å². The van der Waals surface area contributed by atoms with Crippen molar-refractivity contribution in [2.75, 3.05) is 18.6 Å². The molecule has 0 aliphatic heterocycles. The first-order chi connectivity index (χ1) is 10.2. The van der Waals surface area contributed by atoms with Crippen LogP contribution in [0, 0.1) is 11.3 Å². The van der Waals surface area contributed by atoms with Gasteiger partial charge >= 0.3 is 0 Å². The second-order valence-electron chi connectivity index (χ2n) is 4.06. The second-order valence-corrected chi connectivity index (χ2v) is 4.06. The number of ether oxygens (including phenoxy) is 1. The topological polar surface area (TPSA) is 75.0 Å². The highest BCUT2D eigenvalue weighted by atomic mass is 19.1. The molecule has 1 N–H and O–H groups in total. The summed E-state index contributed by atoms with van der Waals surface area (Å²) in [6.45, 7) is -0.611. The number of nitrogens with zero attached hydrogens (tertiary/aromatic N) is 2. The van der Waals surface area contributed by atoms with Gasteiger partial charge in [-0.15, -0.1) is 0 Å². The number of nitriles is 1. The van der Waals surface area contributed by atoms with E-state index in [0.29, 0.717) is 17.0 Å². The highest BCUT2D eigenvalue weighted by Gasteiger charge is 2.08. The molecule has 0 saturated heterocycles. The third kappa shape index (κ3) is 4.01. The molecule has 0 atom stereocenters. The van der Waals surface area contributed by atoms with E-state index in [4.69, 9.17) is 10.00 Å². The molecule has 0 bridgehead atoms. The summed E-state index contributed by atoms with van der Waals surface area (Å²) in [6.07, 6.45) is 1.33. The van der Waals surface area contributed by atoms with Gasteiger partial charge in [-0.1, -0.05) is 6.07 Å². The Balaban J connectivity index is 2.06. The van der Waals surface area contributed by atoms with Crippen LogP contribution in [0.4, 0.5) is 10.1 Å². The van der Waals surface area contributed by atoms with Gasteiger partial charge in [0.1, 0.15) is 30.8 Å². The predicted molar refractivity (Wildman–Crippen MR) is 74.8 cm³/mol. The molecule has 0 aliphatic rings. The maximum absolute atomic E-state index is 12.0. The minimum Gasteiger partial charge on any atom is -0.491 e. The van der Waals surface area contributed by atoms with E-state index in [9.17, 15) is 9.18 Å².